The van der Waals surface area contributed by atoms with E-state index in [1.807, 2.05) is 0 Å². The van der Waals surface area contributed by atoms with E-state index in [4.69, 9.17) is 26.0 Å². The molecule has 1 saturated heterocycles. The molecule has 0 radical (unpaired) electrons. The van der Waals surface area contributed by atoms with Crippen molar-refractivity contribution in [3.63, 3.8) is 0 Å². The number of carboxylic acids is 3. The minimum atomic E-state index is -1.92. The first-order valence-electron chi connectivity index (χ1n) is 11.0. The van der Waals surface area contributed by atoms with Gasteiger partial charge in [-0.1, -0.05) is 25.0 Å². The Balaban J connectivity index is 0.000000611. The van der Waals surface area contributed by atoms with Gasteiger partial charge in [-0.15, -0.1) is 0 Å². The van der Waals surface area contributed by atoms with Crippen LogP contribution in [0.1, 0.15) is 31.2 Å². The van der Waals surface area contributed by atoms with Crippen molar-refractivity contribution in [2.24, 2.45) is 17.4 Å². The van der Waals surface area contributed by atoms with E-state index in [0.717, 1.165) is 12.8 Å². The number of ether oxygens (including phenoxy) is 2. The first-order chi connectivity index (χ1) is 16.4. The maximum absolute atomic E-state index is 10.9. The SMILES string of the molecule is NC1CCCCC1N.O=C([O-])C(Cc1ccc(O[C@@H]2O[C@H](C(=O)[O-])[C@@H](O)[C@H](O)[C@H]2O)cc1)C(=O)O.[Pt+2]. The van der Waals surface area contributed by atoms with Crippen LogP contribution in [0.2, 0.25) is 0 Å². The van der Waals surface area contributed by atoms with E-state index >= 15 is 0 Å². The Labute approximate surface area is 221 Å². The molecule has 3 rings (SSSR count). The number of hydrogen-bond donors (Lipinski definition) is 6. The molecule has 0 amide bonds. The predicted molar refractivity (Wildman–Crippen MR) is 113 cm³/mol. The average Bonchev–Trinajstić information content (AvgIpc) is 2.80. The van der Waals surface area contributed by atoms with E-state index in [1.54, 1.807) is 0 Å². The van der Waals surface area contributed by atoms with Gasteiger partial charge in [0.1, 0.15) is 36.1 Å². The molecule has 8 atom stereocenters. The second kappa shape index (κ2) is 14.6. The Morgan fingerprint density at radius 1 is 0.972 bits per heavy atom. The van der Waals surface area contributed by atoms with Gasteiger partial charge in [0.15, 0.2) is 0 Å². The third-order valence-electron chi connectivity index (χ3n) is 5.87. The second-order valence-corrected chi connectivity index (χ2v) is 8.50. The van der Waals surface area contributed by atoms with Gasteiger partial charge in [-0.25, -0.2) is 0 Å². The standard InChI is InChI=1S/C16H18O11.C6H14N2.Pt/c17-9-10(18)12(15(24)25)27-16(11(9)19)26-7-3-1-6(2-4-7)5-8(13(20)21)14(22)23;7-5-3-1-2-4-6(5)8;/h1-4,8-12,16-19H,5H2,(H,20,21)(H,22,23)(H,24,25);5-6H,1-4,7-8H2;/q;;+2/p-2/t9-,10-,11+,12-,16+;;/m0../s1. The van der Waals surface area contributed by atoms with E-state index in [-0.39, 0.29) is 45.3 Å². The number of carbonyl (C=O) groups excluding carboxylic acids is 2. The van der Waals surface area contributed by atoms with Gasteiger partial charge in [-0.2, -0.15) is 0 Å². The van der Waals surface area contributed by atoms with Crippen molar-refractivity contribution >= 4 is 17.9 Å². The Kier molecular flexibility index (Phi) is 12.9. The fraction of sp³-hybridized carbons (Fsp3) is 0.591. The number of nitrogens with two attached hydrogens (primary N) is 2. The van der Waals surface area contributed by atoms with Crippen LogP contribution >= 0.6 is 0 Å². The zero-order valence-electron chi connectivity index (χ0n) is 19.1. The van der Waals surface area contributed by atoms with E-state index in [0.29, 0.717) is 5.56 Å². The summed E-state index contributed by atoms with van der Waals surface area (Å²) in [6.07, 6.45) is -4.62. The molecule has 0 aromatic heterocycles. The summed E-state index contributed by atoms with van der Waals surface area (Å²) in [4.78, 5) is 32.6. The summed E-state index contributed by atoms with van der Waals surface area (Å²) >= 11 is 0. The summed E-state index contributed by atoms with van der Waals surface area (Å²) in [5, 5.41) is 59.7. The Morgan fingerprint density at radius 3 is 1.92 bits per heavy atom. The largest absolute Gasteiger partial charge is 2.00 e. The molecule has 0 bridgehead atoms. The van der Waals surface area contributed by atoms with Crippen LogP contribution in [0.25, 0.3) is 0 Å². The molecule has 1 heterocycles. The van der Waals surface area contributed by atoms with Crippen LogP contribution in [0.5, 0.6) is 5.75 Å². The molecule has 0 spiro atoms. The van der Waals surface area contributed by atoms with Crippen molar-refractivity contribution in [2.75, 3.05) is 0 Å². The number of benzene rings is 1. The van der Waals surface area contributed by atoms with Gasteiger partial charge < -0.3 is 61.2 Å². The number of carbonyl (C=O) groups is 3. The van der Waals surface area contributed by atoms with Gasteiger partial charge >= 0.3 is 27.0 Å². The molecule has 1 aliphatic heterocycles. The molecular weight excluding hydrogens is 663 g/mol. The Hall–Kier alpha value is -2.12. The first kappa shape index (κ1) is 31.9. The fourth-order valence-corrected chi connectivity index (χ4v) is 3.67. The number of hydrogen-bond acceptors (Lipinski definition) is 12. The summed E-state index contributed by atoms with van der Waals surface area (Å²) in [6, 6.07) is 5.86. The van der Waals surface area contributed by atoms with Crippen molar-refractivity contribution in [1.29, 1.82) is 0 Å². The average molecular weight is 694 g/mol. The number of aliphatic carboxylic acids is 3. The van der Waals surface area contributed by atoms with Gasteiger partial charge in [0, 0.05) is 12.1 Å². The van der Waals surface area contributed by atoms with Crippen molar-refractivity contribution in [3.8, 4) is 5.75 Å². The maximum atomic E-state index is 10.9. The third-order valence-corrected chi connectivity index (χ3v) is 5.87. The van der Waals surface area contributed by atoms with Gasteiger partial charge in [-0.05, 0) is 37.0 Å². The predicted octanol–water partition coefficient (Wildman–Crippen LogP) is -4.17. The van der Waals surface area contributed by atoms with Gasteiger partial charge in [0.2, 0.25) is 6.29 Å². The van der Waals surface area contributed by atoms with Crippen LogP contribution < -0.4 is 26.4 Å². The summed E-state index contributed by atoms with van der Waals surface area (Å²) < 4.78 is 10.1. The molecule has 2 fully saturated rings. The molecule has 36 heavy (non-hydrogen) atoms. The maximum Gasteiger partial charge on any atom is 2.00 e. The molecule has 13 nitrogen and oxygen atoms in total. The van der Waals surface area contributed by atoms with E-state index in [1.165, 1.54) is 37.1 Å². The van der Waals surface area contributed by atoms with Gasteiger partial charge in [0.25, 0.3) is 0 Å². The molecule has 1 aliphatic carbocycles. The van der Waals surface area contributed by atoms with Crippen molar-refractivity contribution in [3.05, 3.63) is 29.8 Å². The molecule has 1 aromatic carbocycles. The molecule has 1 aromatic rings. The minimum absolute atomic E-state index is 0. The van der Waals surface area contributed by atoms with Crippen LogP contribution in [-0.4, -0.2) is 81.1 Å². The molecule has 2 aliphatic rings. The van der Waals surface area contributed by atoms with Gasteiger partial charge in [-0.3, -0.25) is 4.79 Å². The fourth-order valence-electron chi connectivity index (χ4n) is 3.67. The van der Waals surface area contributed by atoms with Crippen LogP contribution in [0, 0.1) is 5.92 Å². The normalized spacial score (nSPS) is 30.5. The van der Waals surface area contributed by atoms with E-state index in [2.05, 4.69) is 0 Å². The summed E-state index contributed by atoms with van der Waals surface area (Å²) in [7, 11) is 0. The number of aliphatic hydroxyl groups is 3. The van der Waals surface area contributed by atoms with Gasteiger partial charge in [0.05, 0.1) is 11.9 Å². The summed E-state index contributed by atoms with van der Waals surface area (Å²) in [5.74, 6) is -6.78. The van der Waals surface area contributed by atoms with Crippen LogP contribution in [0.15, 0.2) is 24.3 Å². The number of rotatable bonds is 7. The van der Waals surface area contributed by atoms with Crippen molar-refractivity contribution < 1.29 is 75.6 Å². The molecular formula is C22H30N2O11Pt. The molecule has 3 unspecified atom stereocenters. The Morgan fingerprint density at radius 2 is 1.50 bits per heavy atom. The monoisotopic (exact) mass is 693 g/mol. The zero-order valence-corrected chi connectivity index (χ0v) is 21.4. The smallest absolute Gasteiger partial charge is 0.549 e. The number of carboxylic acid groups (broad SMARTS) is 3. The quantitative estimate of drug-likeness (QED) is 0.149. The zero-order chi connectivity index (χ0) is 26.3. The van der Waals surface area contributed by atoms with Crippen molar-refractivity contribution in [2.45, 2.75) is 74.9 Å². The van der Waals surface area contributed by atoms with E-state index < -0.39 is 54.5 Å². The topological polar surface area (TPSA) is 249 Å². The molecule has 14 heteroatoms. The molecule has 1 saturated carbocycles. The van der Waals surface area contributed by atoms with Crippen LogP contribution in [0.4, 0.5) is 0 Å². The van der Waals surface area contributed by atoms with E-state index in [9.17, 15) is 39.9 Å². The summed E-state index contributed by atoms with van der Waals surface area (Å²) in [5.41, 5.74) is 11.6. The second-order valence-electron chi connectivity index (χ2n) is 8.50. The first-order valence-corrected chi connectivity index (χ1v) is 11.0. The molecule has 204 valence electrons. The number of aliphatic hydroxyl groups excluding tert-OH is 3. The Bertz CT molecular complexity index is 848. The minimum Gasteiger partial charge on any atom is -0.549 e. The van der Waals surface area contributed by atoms with Crippen molar-refractivity contribution in [1.82, 2.24) is 0 Å². The molecule has 8 N–H and O–H groups in total. The summed E-state index contributed by atoms with van der Waals surface area (Å²) in [6.45, 7) is 0. The van der Waals surface area contributed by atoms with Crippen LogP contribution in [0.3, 0.4) is 0 Å². The third kappa shape index (κ3) is 8.77. The van der Waals surface area contributed by atoms with Crippen LogP contribution in [-0.2, 0) is 46.6 Å².